The fourth-order valence-corrected chi connectivity index (χ4v) is 2.78. The summed E-state index contributed by atoms with van der Waals surface area (Å²) < 4.78 is 0. The highest BCUT2D eigenvalue weighted by Crippen LogP contribution is 2.22. The molecular weight excluding hydrogens is 340 g/mol. The van der Waals surface area contributed by atoms with Crippen molar-refractivity contribution in [2.24, 2.45) is 4.99 Å². The number of hydrogen-bond donors (Lipinski definition) is 3. The quantitative estimate of drug-likeness (QED) is 0.763. The number of allylic oxidation sites excluding steroid dienone is 1. The van der Waals surface area contributed by atoms with Gasteiger partial charge in [0, 0.05) is 0 Å². The Hall–Kier alpha value is -3.85. The van der Waals surface area contributed by atoms with E-state index >= 15 is 0 Å². The lowest BCUT2D eigenvalue weighted by atomic mass is 10.0. The van der Waals surface area contributed by atoms with Crippen molar-refractivity contribution >= 4 is 17.6 Å². The number of guanidine groups is 1. The number of nitrogens with one attached hydrogen (secondary N) is 2. The molecule has 0 atom stereocenters. The van der Waals surface area contributed by atoms with Crippen LogP contribution in [0.2, 0.25) is 0 Å². The maximum absolute atomic E-state index is 10.9. The van der Waals surface area contributed by atoms with Crippen molar-refractivity contribution in [3.05, 3.63) is 89.1 Å². The smallest absolute Gasteiger partial charge is 0.307 e. The molecule has 0 saturated carbocycles. The van der Waals surface area contributed by atoms with E-state index in [2.05, 4.69) is 28.3 Å². The monoisotopic (exact) mass is 358 g/mol. The molecule has 1 heterocycles. The van der Waals surface area contributed by atoms with Gasteiger partial charge in [0.25, 0.3) is 0 Å². The molecule has 0 unspecified atom stereocenters. The van der Waals surface area contributed by atoms with E-state index in [4.69, 9.17) is 5.11 Å². The van der Waals surface area contributed by atoms with Gasteiger partial charge in [-0.3, -0.25) is 4.79 Å². The van der Waals surface area contributed by atoms with E-state index in [1.807, 2.05) is 48.5 Å². The van der Waals surface area contributed by atoms with Crippen molar-refractivity contribution < 1.29 is 9.90 Å². The molecule has 1 aliphatic heterocycles. The number of carbonyl (C=O) groups is 1. The Morgan fingerprint density at radius 3 is 2.56 bits per heavy atom. The lowest BCUT2D eigenvalue weighted by Gasteiger charge is -2.23. The normalized spacial score (nSPS) is 15.1. The molecule has 0 saturated heterocycles. The van der Waals surface area contributed by atoms with Gasteiger partial charge in [-0.1, -0.05) is 61.2 Å². The Morgan fingerprint density at radius 2 is 1.85 bits per heavy atom. The summed E-state index contributed by atoms with van der Waals surface area (Å²) in [7, 11) is 0. The number of benzene rings is 2. The van der Waals surface area contributed by atoms with Gasteiger partial charge in [0.05, 0.1) is 29.9 Å². The van der Waals surface area contributed by atoms with Crippen LogP contribution in [-0.4, -0.2) is 17.0 Å². The number of hydrogen-bond acceptors (Lipinski definition) is 3. The zero-order chi connectivity index (χ0) is 19.2. The molecule has 3 N–H and O–H groups in total. The van der Waals surface area contributed by atoms with Gasteiger partial charge < -0.3 is 15.7 Å². The van der Waals surface area contributed by atoms with Gasteiger partial charge in [0.2, 0.25) is 5.96 Å². The third-order valence-electron chi connectivity index (χ3n) is 4.01. The number of rotatable bonds is 5. The minimum absolute atomic E-state index is 0.0237. The first-order chi connectivity index (χ1) is 13.1. The minimum atomic E-state index is -0.868. The zero-order valence-corrected chi connectivity index (χ0v) is 14.6. The van der Waals surface area contributed by atoms with Crippen molar-refractivity contribution in [1.29, 1.82) is 5.26 Å². The summed E-state index contributed by atoms with van der Waals surface area (Å²) in [5.74, 6) is -0.381. The second kappa shape index (κ2) is 8.02. The predicted molar refractivity (Wildman–Crippen MR) is 103 cm³/mol. The lowest BCUT2D eigenvalue weighted by Crippen LogP contribution is -2.41. The van der Waals surface area contributed by atoms with Crippen molar-refractivity contribution in [3.63, 3.8) is 0 Å². The van der Waals surface area contributed by atoms with Crippen LogP contribution in [0.4, 0.5) is 0 Å². The Bertz CT molecular complexity index is 985. The Balaban J connectivity index is 1.83. The molecule has 134 valence electrons. The minimum Gasteiger partial charge on any atom is -0.481 e. The third-order valence-corrected chi connectivity index (χ3v) is 4.01. The number of carboxylic acid groups (broad SMARTS) is 1. The van der Waals surface area contributed by atoms with Crippen LogP contribution in [0.5, 0.6) is 0 Å². The van der Waals surface area contributed by atoms with Gasteiger partial charge in [-0.25, -0.2) is 4.99 Å². The van der Waals surface area contributed by atoms with E-state index in [1.54, 1.807) is 6.07 Å². The summed E-state index contributed by atoms with van der Waals surface area (Å²) in [5.41, 5.74) is 4.06. The highest BCUT2D eigenvalue weighted by atomic mass is 16.4. The number of aliphatic carboxylic acids is 1. The largest absolute Gasteiger partial charge is 0.481 e. The van der Waals surface area contributed by atoms with Crippen LogP contribution in [0.3, 0.4) is 0 Å². The maximum atomic E-state index is 10.9. The number of aliphatic imine (C=N–C) groups is 1. The standard InChI is InChI=1S/C21H18N4O2/c1-14-18(12-22)20(17-8-3-2-4-9-17)25-21(24-14)23-13-16-7-5-6-15(10-16)11-19(26)27/h2-10H,1,11,13H2,(H,26,27)(H2,23,24,25). The van der Waals surface area contributed by atoms with Crippen LogP contribution in [-0.2, 0) is 17.8 Å². The van der Waals surface area contributed by atoms with E-state index in [0.717, 1.165) is 16.7 Å². The fourth-order valence-electron chi connectivity index (χ4n) is 2.78. The van der Waals surface area contributed by atoms with E-state index in [1.165, 1.54) is 0 Å². The molecule has 6 nitrogen and oxygen atoms in total. The van der Waals surface area contributed by atoms with Gasteiger partial charge >= 0.3 is 5.97 Å². The number of nitrogens with zero attached hydrogens (tertiary/aromatic N) is 2. The molecule has 0 amide bonds. The molecule has 2 aromatic carbocycles. The summed E-state index contributed by atoms with van der Waals surface area (Å²) in [6.07, 6.45) is -0.0237. The van der Waals surface area contributed by atoms with Crippen LogP contribution < -0.4 is 10.6 Å². The second-order valence-electron chi connectivity index (χ2n) is 6.01. The molecule has 0 aliphatic carbocycles. The van der Waals surface area contributed by atoms with Gasteiger partial charge in [-0.2, -0.15) is 5.26 Å². The molecule has 0 radical (unpaired) electrons. The van der Waals surface area contributed by atoms with Crippen LogP contribution in [0.15, 0.2) is 77.4 Å². The van der Waals surface area contributed by atoms with Gasteiger partial charge in [0.15, 0.2) is 0 Å². The first kappa shape index (κ1) is 18.0. The highest BCUT2D eigenvalue weighted by molar-refractivity contribution is 5.96. The summed E-state index contributed by atoms with van der Waals surface area (Å²) in [6, 6.07) is 19.0. The number of nitriles is 1. The maximum Gasteiger partial charge on any atom is 0.307 e. The van der Waals surface area contributed by atoms with E-state index < -0.39 is 5.97 Å². The topological polar surface area (TPSA) is 97.5 Å². The van der Waals surface area contributed by atoms with E-state index in [0.29, 0.717) is 29.5 Å². The zero-order valence-electron chi connectivity index (χ0n) is 14.6. The van der Waals surface area contributed by atoms with E-state index in [-0.39, 0.29) is 6.42 Å². The Labute approximate surface area is 157 Å². The average Bonchev–Trinajstić information content (AvgIpc) is 2.66. The fraction of sp³-hybridized carbons (Fsp3) is 0.0952. The average molecular weight is 358 g/mol. The molecule has 6 heteroatoms. The summed E-state index contributed by atoms with van der Waals surface area (Å²) in [5, 5.41) is 24.5. The third kappa shape index (κ3) is 4.41. The molecule has 0 spiro atoms. The molecule has 0 bridgehead atoms. The first-order valence-corrected chi connectivity index (χ1v) is 8.34. The van der Waals surface area contributed by atoms with Crippen LogP contribution in [0.1, 0.15) is 16.7 Å². The Kier molecular flexibility index (Phi) is 5.33. The summed E-state index contributed by atoms with van der Waals surface area (Å²) >= 11 is 0. The molecular formula is C21H18N4O2. The van der Waals surface area contributed by atoms with Gasteiger partial charge in [-0.15, -0.1) is 0 Å². The van der Waals surface area contributed by atoms with Crippen molar-refractivity contribution in [1.82, 2.24) is 10.6 Å². The molecule has 3 rings (SSSR count). The highest BCUT2D eigenvalue weighted by Gasteiger charge is 2.20. The molecule has 2 aromatic rings. The predicted octanol–water partition coefficient (Wildman–Crippen LogP) is 2.81. The summed E-state index contributed by atoms with van der Waals surface area (Å²) in [6.45, 7) is 4.28. The van der Waals surface area contributed by atoms with Crippen molar-refractivity contribution in [3.8, 4) is 6.07 Å². The van der Waals surface area contributed by atoms with Crippen LogP contribution >= 0.6 is 0 Å². The Morgan fingerprint density at radius 1 is 1.11 bits per heavy atom. The SMILES string of the molecule is C=C1NC(=NCc2cccc(CC(=O)O)c2)NC(c2ccccc2)=C1C#N. The lowest BCUT2D eigenvalue weighted by molar-refractivity contribution is -0.136. The number of carboxylic acids is 1. The summed E-state index contributed by atoms with van der Waals surface area (Å²) in [4.78, 5) is 15.4. The second-order valence-corrected chi connectivity index (χ2v) is 6.01. The molecule has 27 heavy (non-hydrogen) atoms. The van der Waals surface area contributed by atoms with Crippen LogP contribution in [0.25, 0.3) is 5.70 Å². The molecule has 1 aliphatic rings. The van der Waals surface area contributed by atoms with Crippen LogP contribution in [0, 0.1) is 11.3 Å². The first-order valence-electron chi connectivity index (χ1n) is 8.34. The molecule has 0 aromatic heterocycles. The van der Waals surface area contributed by atoms with E-state index in [9.17, 15) is 10.1 Å². The molecule has 0 fully saturated rings. The van der Waals surface area contributed by atoms with Crippen molar-refractivity contribution in [2.75, 3.05) is 0 Å². The van der Waals surface area contributed by atoms with Gasteiger partial charge in [-0.05, 0) is 16.7 Å². The van der Waals surface area contributed by atoms with Crippen molar-refractivity contribution in [2.45, 2.75) is 13.0 Å². The van der Waals surface area contributed by atoms with Gasteiger partial charge in [0.1, 0.15) is 6.07 Å².